The van der Waals surface area contributed by atoms with Crippen LogP contribution >= 0.6 is 0 Å². The van der Waals surface area contributed by atoms with Crippen LogP contribution in [0.25, 0.3) is 0 Å². The van der Waals surface area contributed by atoms with Crippen LogP contribution in [0.1, 0.15) is 75.3 Å². The Balaban J connectivity index is 0.000000508. The molecule has 2 aliphatic carbocycles. The van der Waals surface area contributed by atoms with Crippen molar-refractivity contribution in [1.82, 2.24) is 0 Å². The molecule has 48 heavy (non-hydrogen) atoms. The highest BCUT2D eigenvalue weighted by molar-refractivity contribution is 6.31. The third-order valence-corrected chi connectivity index (χ3v) is 8.46. The molecule has 1 unspecified atom stereocenters. The van der Waals surface area contributed by atoms with Gasteiger partial charge in [0.25, 0.3) is 0 Å². The molecule has 3 aliphatic rings. The number of nitrogens with two attached hydrogens (primary N) is 1. The molecule has 0 saturated carbocycles. The van der Waals surface area contributed by atoms with Gasteiger partial charge in [0.1, 0.15) is 29.5 Å². The minimum Gasteiger partial charge on any atom is -0.507 e. The molecule has 1 saturated heterocycles. The van der Waals surface area contributed by atoms with Crippen LogP contribution in [0.15, 0.2) is 18.2 Å². The zero-order valence-electron chi connectivity index (χ0n) is 25.7. The van der Waals surface area contributed by atoms with Gasteiger partial charge in [0.05, 0.1) is 48.5 Å². The van der Waals surface area contributed by atoms with Crippen molar-refractivity contribution in [3.05, 3.63) is 51.6 Å². The summed E-state index contributed by atoms with van der Waals surface area (Å²) in [6.45, 7) is 0.560. The van der Waals surface area contributed by atoms with Gasteiger partial charge < -0.3 is 60.8 Å². The molecule has 1 fully saturated rings. The molecule has 7 atom stereocenters. The number of hydrogen-bond donors (Lipinski definition) is 9. The molecule has 0 radical (unpaired) electrons. The molecule has 10 N–H and O–H groups in total. The smallest absolute Gasteiger partial charge is 0.333 e. The highest BCUT2D eigenvalue weighted by Crippen LogP contribution is 2.52. The van der Waals surface area contributed by atoms with E-state index in [2.05, 4.69) is 0 Å². The van der Waals surface area contributed by atoms with Crippen molar-refractivity contribution >= 4 is 29.3 Å². The van der Waals surface area contributed by atoms with Crippen LogP contribution in [0.2, 0.25) is 0 Å². The molecule has 0 bridgehead atoms. The third kappa shape index (κ3) is 6.61. The Labute approximate surface area is 271 Å². The van der Waals surface area contributed by atoms with E-state index >= 15 is 0 Å². The summed E-state index contributed by atoms with van der Waals surface area (Å²) in [4.78, 5) is 59.2. The largest absolute Gasteiger partial charge is 0.507 e. The number of aliphatic carboxylic acids is 2. The van der Waals surface area contributed by atoms with E-state index in [9.17, 15) is 49.5 Å². The van der Waals surface area contributed by atoms with Crippen LogP contribution in [0.3, 0.4) is 0 Å². The van der Waals surface area contributed by atoms with Crippen molar-refractivity contribution in [2.75, 3.05) is 13.7 Å². The number of carbonyl (C=O) groups is 5. The number of carboxylic acids is 2. The predicted octanol–water partition coefficient (Wildman–Crippen LogP) is -1.09. The van der Waals surface area contributed by atoms with Gasteiger partial charge in [-0.05, 0) is 13.0 Å². The standard InChI is InChI=1S/C27H29NO11.C4H6O5/c1-10-22(31)13(28)6-17(38-10)39-15-8-27(36,16(30)9-29)7-12-19(15)26(35)21-20(24(12)33)23(32)11-4-3-5-14(37-2)18(11)25(21)34;5-2(4(8)9)1-3(6)7/h3-5,10,13,15,17,22,29,31,33,35-36H,6-9,28H2,1-2H3;2,5H,1H2,(H,6,7)(H,8,9)/t10-,13-,15-,17-,22+,27-;/m0./s1. The average Bonchev–Trinajstić information content (AvgIpc) is 3.02. The fraction of sp³-hybridized carbons (Fsp3) is 0.452. The maximum absolute atomic E-state index is 13.6. The summed E-state index contributed by atoms with van der Waals surface area (Å²) in [7, 11) is 1.32. The van der Waals surface area contributed by atoms with E-state index < -0.39 is 120 Å². The Morgan fingerprint density at radius 3 is 2.27 bits per heavy atom. The lowest BCUT2D eigenvalue weighted by Gasteiger charge is -2.42. The van der Waals surface area contributed by atoms with Crippen molar-refractivity contribution in [1.29, 1.82) is 0 Å². The van der Waals surface area contributed by atoms with E-state index in [1.54, 1.807) is 6.92 Å². The average molecular weight is 678 g/mol. The second kappa shape index (κ2) is 13.9. The molecular formula is C31H35NO16. The number of aliphatic hydroxyl groups is 4. The molecule has 1 aliphatic heterocycles. The number of carbonyl (C=O) groups excluding carboxylic acids is 3. The number of benzene rings is 2. The number of fused-ring (bicyclic) bond motifs is 3. The number of rotatable bonds is 8. The molecule has 17 heteroatoms. The number of ether oxygens (including phenoxy) is 3. The first-order chi connectivity index (χ1) is 22.5. The number of carboxylic acid groups (broad SMARTS) is 2. The fourth-order valence-corrected chi connectivity index (χ4v) is 6.00. The number of hydrogen-bond acceptors (Lipinski definition) is 15. The van der Waals surface area contributed by atoms with Crippen LogP contribution in [-0.2, 0) is 30.3 Å². The minimum atomic E-state index is -2.24. The van der Waals surface area contributed by atoms with Crippen LogP contribution in [0.5, 0.6) is 17.2 Å². The summed E-state index contributed by atoms with van der Waals surface area (Å²) in [5.41, 5.74) is 2.37. The van der Waals surface area contributed by atoms with Gasteiger partial charge in [-0.25, -0.2) is 4.79 Å². The van der Waals surface area contributed by atoms with E-state index in [1.807, 2.05) is 0 Å². The van der Waals surface area contributed by atoms with Gasteiger partial charge in [0.15, 0.2) is 24.0 Å². The molecule has 0 aromatic heterocycles. The quantitative estimate of drug-likeness (QED) is 0.128. The monoisotopic (exact) mass is 677 g/mol. The summed E-state index contributed by atoms with van der Waals surface area (Å²) in [6, 6.07) is 3.64. The highest BCUT2D eigenvalue weighted by atomic mass is 16.7. The molecule has 0 spiro atoms. The molecule has 17 nitrogen and oxygen atoms in total. The number of aliphatic hydroxyl groups excluding tert-OH is 3. The number of phenols is 2. The molecule has 2 aromatic rings. The Bertz CT molecular complexity index is 1640. The van der Waals surface area contributed by atoms with E-state index in [0.29, 0.717) is 0 Å². The Morgan fingerprint density at radius 2 is 1.73 bits per heavy atom. The lowest BCUT2D eigenvalue weighted by atomic mass is 9.72. The van der Waals surface area contributed by atoms with Crippen LogP contribution in [0.4, 0.5) is 0 Å². The fourth-order valence-electron chi connectivity index (χ4n) is 6.00. The highest BCUT2D eigenvalue weighted by Gasteiger charge is 2.50. The molecule has 0 amide bonds. The Kier molecular flexibility index (Phi) is 10.5. The lowest BCUT2D eigenvalue weighted by molar-refractivity contribution is -0.247. The van der Waals surface area contributed by atoms with Crippen LogP contribution < -0.4 is 10.5 Å². The summed E-state index contributed by atoms with van der Waals surface area (Å²) < 4.78 is 17.0. The first-order valence-electron chi connectivity index (χ1n) is 14.6. The zero-order chi connectivity index (χ0) is 35.8. The third-order valence-electron chi connectivity index (χ3n) is 8.46. The van der Waals surface area contributed by atoms with E-state index in [0.717, 1.165) is 0 Å². The second-order valence-electron chi connectivity index (χ2n) is 11.6. The zero-order valence-corrected chi connectivity index (χ0v) is 25.7. The Hall–Kier alpha value is -4.49. The van der Waals surface area contributed by atoms with Crippen molar-refractivity contribution in [3.63, 3.8) is 0 Å². The summed E-state index contributed by atoms with van der Waals surface area (Å²) >= 11 is 0. The first kappa shape index (κ1) is 36.3. The van der Waals surface area contributed by atoms with Crippen molar-refractivity contribution < 1.29 is 79.0 Å². The number of ketones is 3. The molecule has 2 aromatic carbocycles. The Morgan fingerprint density at radius 1 is 1.08 bits per heavy atom. The van der Waals surface area contributed by atoms with Gasteiger partial charge in [-0.3, -0.25) is 19.2 Å². The summed E-state index contributed by atoms with van der Waals surface area (Å²) in [6.07, 6.45) is -7.67. The number of Topliss-reactive ketones (excluding diaryl/α,β-unsaturated/α-hetero) is 1. The van der Waals surface area contributed by atoms with Gasteiger partial charge in [0, 0.05) is 42.0 Å². The van der Waals surface area contributed by atoms with Gasteiger partial charge in [0.2, 0.25) is 5.78 Å². The van der Waals surface area contributed by atoms with Crippen LogP contribution in [0, 0.1) is 0 Å². The van der Waals surface area contributed by atoms with E-state index in [1.165, 1.54) is 25.3 Å². The maximum Gasteiger partial charge on any atom is 0.333 e. The van der Waals surface area contributed by atoms with Crippen molar-refractivity contribution in [3.8, 4) is 17.2 Å². The summed E-state index contributed by atoms with van der Waals surface area (Å²) in [5, 5.41) is 77.8. The van der Waals surface area contributed by atoms with Gasteiger partial charge in [-0.1, -0.05) is 12.1 Å². The second-order valence-corrected chi connectivity index (χ2v) is 11.6. The lowest BCUT2D eigenvalue weighted by Crippen LogP contribution is -2.53. The van der Waals surface area contributed by atoms with E-state index in [4.69, 9.17) is 35.3 Å². The topological polar surface area (TPSA) is 301 Å². The van der Waals surface area contributed by atoms with Crippen molar-refractivity contribution in [2.24, 2.45) is 5.73 Å². The van der Waals surface area contributed by atoms with E-state index in [-0.39, 0.29) is 34.4 Å². The van der Waals surface area contributed by atoms with Crippen LogP contribution in [-0.4, -0.2) is 120 Å². The molecule has 1 heterocycles. The molecular weight excluding hydrogens is 642 g/mol. The predicted molar refractivity (Wildman–Crippen MR) is 158 cm³/mol. The van der Waals surface area contributed by atoms with Crippen molar-refractivity contribution in [2.45, 2.75) is 75.0 Å². The number of methoxy groups -OCH3 is 1. The molecule has 260 valence electrons. The van der Waals surface area contributed by atoms with Gasteiger partial charge >= 0.3 is 11.9 Å². The normalized spacial score (nSPS) is 26.6. The first-order valence-corrected chi connectivity index (χ1v) is 14.6. The SMILES string of the molecule is COc1cccc2c1C(=O)c1c(O)c3c(c(O)c1C2=O)C[C@@](O)(C(=O)CO)C[C@@H]3O[C@H]1C[C@H](N)[C@H](O)[C@H](C)O1.O=C(O)CC(O)C(=O)O. The number of phenolic OH excluding ortho intramolecular Hbond substituents is 2. The molecule has 5 rings (SSSR count). The van der Waals surface area contributed by atoms with Gasteiger partial charge in [-0.2, -0.15) is 0 Å². The van der Waals surface area contributed by atoms with Gasteiger partial charge in [-0.15, -0.1) is 0 Å². The maximum atomic E-state index is 13.6. The summed E-state index contributed by atoms with van der Waals surface area (Å²) in [5.74, 6) is -6.62. The number of aromatic hydroxyl groups is 2. The minimum absolute atomic E-state index is 0.0173.